The molecule has 0 fully saturated rings. The second-order valence-electron chi connectivity index (χ2n) is 6.51. The van der Waals surface area contributed by atoms with Crippen molar-refractivity contribution in [3.63, 3.8) is 0 Å². The highest BCUT2D eigenvalue weighted by molar-refractivity contribution is 7.99. The molecule has 31 heavy (non-hydrogen) atoms. The molecule has 2 aromatic carbocycles. The summed E-state index contributed by atoms with van der Waals surface area (Å²) in [6.45, 7) is 4.19. The van der Waals surface area contributed by atoms with E-state index < -0.39 is 18.5 Å². The van der Waals surface area contributed by atoms with Crippen LogP contribution in [0.4, 0.5) is 5.69 Å². The summed E-state index contributed by atoms with van der Waals surface area (Å²) in [4.78, 5) is 24.1. The molecule has 0 saturated carbocycles. The maximum Gasteiger partial charge on any atom is 0.316 e. The average molecular weight is 479 g/mol. The number of anilines is 1. The van der Waals surface area contributed by atoms with Crippen molar-refractivity contribution in [2.45, 2.75) is 25.5 Å². The van der Waals surface area contributed by atoms with Gasteiger partial charge in [-0.2, -0.15) is 0 Å². The van der Waals surface area contributed by atoms with Crippen molar-refractivity contribution in [1.82, 2.24) is 14.8 Å². The van der Waals surface area contributed by atoms with E-state index in [1.807, 2.05) is 42.7 Å². The Bertz CT molecular complexity index is 1080. The fourth-order valence-corrected chi connectivity index (χ4v) is 4.07. The molecule has 1 amide bonds. The van der Waals surface area contributed by atoms with Gasteiger partial charge in [-0.1, -0.05) is 64.8 Å². The van der Waals surface area contributed by atoms with Crippen molar-refractivity contribution < 1.29 is 14.3 Å². The standard InChI is InChI=1S/C21H20Cl2N4O3S/c1-3-27-20(14-7-4-6-13(2)10-14)25-26-21(27)31-12-18(29)30-11-17(28)24-19-15(22)8-5-9-16(19)23/h4-10H,3,11-12H2,1-2H3,(H,24,28). The first-order valence-corrected chi connectivity index (χ1v) is 11.2. The number of carbonyl (C=O) groups is 2. The van der Waals surface area contributed by atoms with Crippen LogP contribution in [-0.2, 0) is 20.9 Å². The summed E-state index contributed by atoms with van der Waals surface area (Å²) in [5.41, 5.74) is 2.36. The average Bonchev–Trinajstić information content (AvgIpc) is 3.16. The van der Waals surface area contributed by atoms with Crippen molar-refractivity contribution in [2.24, 2.45) is 0 Å². The van der Waals surface area contributed by atoms with Gasteiger partial charge in [0.15, 0.2) is 17.6 Å². The SMILES string of the molecule is CCn1c(SCC(=O)OCC(=O)Nc2c(Cl)cccc2Cl)nnc1-c1cccc(C)c1. The molecule has 1 heterocycles. The molecular weight excluding hydrogens is 459 g/mol. The lowest BCUT2D eigenvalue weighted by Gasteiger charge is -2.10. The number of aryl methyl sites for hydroxylation is 1. The first-order valence-electron chi connectivity index (χ1n) is 9.41. The number of halogens is 2. The van der Waals surface area contributed by atoms with Crippen molar-refractivity contribution in [3.8, 4) is 11.4 Å². The van der Waals surface area contributed by atoms with Crippen LogP contribution in [0.25, 0.3) is 11.4 Å². The number of hydrogen-bond acceptors (Lipinski definition) is 6. The van der Waals surface area contributed by atoms with Crippen LogP contribution in [0.3, 0.4) is 0 Å². The van der Waals surface area contributed by atoms with Crippen LogP contribution in [0.15, 0.2) is 47.6 Å². The van der Waals surface area contributed by atoms with Crippen LogP contribution in [0.2, 0.25) is 10.0 Å². The Labute approximate surface area is 194 Å². The van der Waals surface area contributed by atoms with Crippen molar-refractivity contribution in [3.05, 3.63) is 58.1 Å². The number of thioether (sulfide) groups is 1. The first kappa shape index (κ1) is 23.1. The lowest BCUT2D eigenvalue weighted by molar-refractivity contribution is -0.144. The summed E-state index contributed by atoms with van der Waals surface area (Å²) < 4.78 is 6.97. The number of para-hydroxylation sites is 1. The second-order valence-corrected chi connectivity index (χ2v) is 8.27. The van der Waals surface area contributed by atoms with E-state index >= 15 is 0 Å². The molecule has 0 spiro atoms. The fraction of sp³-hybridized carbons (Fsp3) is 0.238. The van der Waals surface area contributed by atoms with Gasteiger partial charge in [-0.3, -0.25) is 9.59 Å². The molecule has 0 atom stereocenters. The number of ether oxygens (including phenoxy) is 1. The van der Waals surface area contributed by atoms with Crippen LogP contribution < -0.4 is 5.32 Å². The molecule has 3 rings (SSSR count). The number of nitrogens with zero attached hydrogens (tertiary/aromatic N) is 3. The Kier molecular flexibility index (Phi) is 7.95. The molecule has 0 aliphatic heterocycles. The van der Waals surface area contributed by atoms with Crippen molar-refractivity contribution in [2.75, 3.05) is 17.7 Å². The monoisotopic (exact) mass is 478 g/mol. The van der Waals surface area contributed by atoms with Crippen LogP contribution >= 0.6 is 35.0 Å². The highest BCUT2D eigenvalue weighted by Gasteiger charge is 2.16. The molecule has 0 saturated heterocycles. The number of carbonyl (C=O) groups excluding carboxylic acids is 2. The van der Waals surface area contributed by atoms with Crippen molar-refractivity contribution >= 4 is 52.5 Å². The first-order chi connectivity index (χ1) is 14.9. The van der Waals surface area contributed by atoms with E-state index in [1.54, 1.807) is 18.2 Å². The number of amides is 1. The maximum atomic E-state index is 12.1. The summed E-state index contributed by atoms with van der Waals surface area (Å²) in [5.74, 6) is -0.357. The number of benzene rings is 2. The number of hydrogen-bond donors (Lipinski definition) is 1. The van der Waals surface area contributed by atoms with Gasteiger partial charge in [-0.25, -0.2) is 0 Å². The molecule has 10 heteroatoms. The number of nitrogens with one attached hydrogen (secondary N) is 1. The molecule has 7 nitrogen and oxygen atoms in total. The van der Waals surface area contributed by atoms with Crippen LogP contribution in [0, 0.1) is 6.92 Å². The molecule has 0 radical (unpaired) electrons. The highest BCUT2D eigenvalue weighted by Crippen LogP contribution is 2.29. The lowest BCUT2D eigenvalue weighted by atomic mass is 10.1. The molecule has 1 N–H and O–H groups in total. The smallest absolute Gasteiger partial charge is 0.316 e. The quantitative estimate of drug-likeness (QED) is 0.367. The summed E-state index contributed by atoms with van der Waals surface area (Å²) in [7, 11) is 0. The fourth-order valence-electron chi connectivity index (χ4n) is 2.78. The minimum Gasteiger partial charge on any atom is -0.455 e. The summed E-state index contributed by atoms with van der Waals surface area (Å²) in [6.07, 6.45) is 0. The van der Waals surface area contributed by atoms with Gasteiger partial charge in [-0.15, -0.1) is 10.2 Å². The second kappa shape index (κ2) is 10.7. The van der Waals surface area contributed by atoms with E-state index in [0.717, 1.165) is 17.0 Å². The largest absolute Gasteiger partial charge is 0.455 e. The van der Waals surface area contributed by atoms with Crippen LogP contribution in [0.5, 0.6) is 0 Å². The summed E-state index contributed by atoms with van der Waals surface area (Å²) >= 11 is 13.2. The van der Waals surface area contributed by atoms with E-state index in [4.69, 9.17) is 27.9 Å². The Morgan fingerprint density at radius 3 is 2.52 bits per heavy atom. The number of esters is 1. The van der Waals surface area contributed by atoms with Gasteiger partial charge in [0.05, 0.1) is 21.5 Å². The lowest BCUT2D eigenvalue weighted by Crippen LogP contribution is -2.22. The third-order valence-electron chi connectivity index (χ3n) is 4.22. The molecule has 162 valence electrons. The van der Waals surface area contributed by atoms with Gasteiger partial charge < -0.3 is 14.6 Å². The van der Waals surface area contributed by atoms with E-state index in [1.165, 1.54) is 11.8 Å². The predicted molar refractivity (Wildman–Crippen MR) is 123 cm³/mol. The van der Waals surface area contributed by atoms with E-state index in [9.17, 15) is 9.59 Å². The van der Waals surface area contributed by atoms with E-state index in [2.05, 4.69) is 15.5 Å². The minimum atomic E-state index is -0.548. The van der Waals surface area contributed by atoms with Crippen LogP contribution in [-0.4, -0.2) is 39.0 Å². The number of rotatable bonds is 8. The molecular formula is C21H20Cl2N4O3S. The van der Waals surface area contributed by atoms with Gasteiger partial charge in [0, 0.05) is 12.1 Å². The minimum absolute atomic E-state index is 0.00786. The zero-order chi connectivity index (χ0) is 22.4. The Morgan fingerprint density at radius 2 is 1.84 bits per heavy atom. The molecule has 1 aromatic heterocycles. The van der Waals surface area contributed by atoms with Gasteiger partial charge in [-0.05, 0) is 32.0 Å². The summed E-state index contributed by atoms with van der Waals surface area (Å²) in [6, 6.07) is 12.8. The molecule has 0 aliphatic carbocycles. The summed E-state index contributed by atoms with van der Waals surface area (Å²) in [5, 5.41) is 12.2. The van der Waals surface area contributed by atoms with Crippen LogP contribution in [0.1, 0.15) is 12.5 Å². The van der Waals surface area contributed by atoms with E-state index in [0.29, 0.717) is 21.7 Å². The Balaban J connectivity index is 1.55. The third-order valence-corrected chi connectivity index (χ3v) is 5.79. The van der Waals surface area contributed by atoms with Gasteiger partial charge in [0.2, 0.25) is 0 Å². The maximum absolute atomic E-state index is 12.1. The predicted octanol–water partition coefficient (Wildman–Crippen LogP) is 4.85. The van der Waals surface area contributed by atoms with E-state index in [-0.39, 0.29) is 11.4 Å². The molecule has 0 unspecified atom stereocenters. The molecule has 0 bridgehead atoms. The normalized spacial score (nSPS) is 10.7. The number of aromatic nitrogens is 3. The van der Waals surface area contributed by atoms with Gasteiger partial charge in [0.25, 0.3) is 5.91 Å². The Morgan fingerprint density at radius 1 is 1.13 bits per heavy atom. The van der Waals surface area contributed by atoms with Crippen molar-refractivity contribution in [1.29, 1.82) is 0 Å². The van der Waals surface area contributed by atoms with Gasteiger partial charge in [0.1, 0.15) is 0 Å². The molecule has 3 aromatic rings. The van der Waals surface area contributed by atoms with Gasteiger partial charge >= 0.3 is 5.97 Å². The topological polar surface area (TPSA) is 86.1 Å². The zero-order valence-electron chi connectivity index (χ0n) is 16.9. The molecule has 0 aliphatic rings. The highest BCUT2D eigenvalue weighted by atomic mass is 35.5. The zero-order valence-corrected chi connectivity index (χ0v) is 19.2. The third kappa shape index (κ3) is 6.00. The Hall–Kier alpha value is -2.55.